The van der Waals surface area contributed by atoms with E-state index >= 15 is 0 Å². The first-order valence-electron chi connectivity index (χ1n) is 11.2. The summed E-state index contributed by atoms with van der Waals surface area (Å²) in [7, 11) is 0. The third-order valence-corrected chi connectivity index (χ3v) is 7.91. The van der Waals surface area contributed by atoms with Crippen LogP contribution < -0.4 is 10.6 Å². The van der Waals surface area contributed by atoms with Gasteiger partial charge in [-0.3, -0.25) is 9.59 Å². The molecule has 0 saturated carbocycles. The molecule has 2 aliphatic heterocycles. The van der Waals surface area contributed by atoms with Crippen molar-refractivity contribution in [3.8, 4) is 0 Å². The van der Waals surface area contributed by atoms with Gasteiger partial charge in [0.15, 0.2) is 0 Å². The van der Waals surface area contributed by atoms with E-state index < -0.39 is 33.5 Å². The number of hydrogen-bond donors (Lipinski definition) is 2. The second kappa shape index (κ2) is 9.94. The van der Waals surface area contributed by atoms with Crippen LogP contribution in [0, 0.1) is 13.8 Å². The van der Waals surface area contributed by atoms with Gasteiger partial charge in [-0.05, 0) is 63.1 Å². The van der Waals surface area contributed by atoms with Crippen LogP contribution in [0.4, 0.5) is 11.4 Å². The minimum Gasteiger partial charge on any atom is -0.463 e. The zero-order valence-corrected chi connectivity index (χ0v) is 21.7. The number of amides is 2. The second-order valence-electron chi connectivity index (χ2n) is 8.04. The number of rotatable bonds is 6. The average molecular weight is 529 g/mol. The van der Waals surface area contributed by atoms with Gasteiger partial charge in [0.2, 0.25) is 0 Å². The van der Waals surface area contributed by atoms with Crippen LogP contribution in [0.1, 0.15) is 25.0 Å². The molecule has 2 unspecified atom stereocenters. The Hall–Kier alpha value is -3.38. The number of nitrogens with one attached hydrogen (secondary N) is 2. The highest BCUT2D eigenvalue weighted by atomic mass is 32.2. The molecule has 2 N–H and O–H groups in total. The maximum absolute atomic E-state index is 13.3. The Morgan fingerprint density at radius 2 is 1.17 bits per heavy atom. The number of esters is 2. The summed E-state index contributed by atoms with van der Waals surface area (Å²) in [6, 6.07) is 10.6. The summed E-state index contributed by atoms with van der Waals surface area (Å²) < 4.78 is 10.4. The summed E-state index contributed by atoms with van der Waals surface area (Å²) in [6.07, 6.45) is 0. The number of nitrogens with zero attached hydrogens (tertiary/aromatic N) is 2. The predicted molar refractivity (Wildman–Crippen MR) is 135 cm³/mol. The molecular weight excluding hydrogens is 504 g/mol. The fraction of sp³-hybridized carbons (Fsp3) is 0.333. The molecule has 0 aliphatic carbocycles. The van der Waals surface area contributed by atoms with Gasteiger partial charge in [-0.15, -0.1) is 0 Å². The Morgan fingerprint density at radius 1 is 0.778 bits per heavy atom. The standard InChI is InChI=1S/C24H24N4O6S2/c1-5-33-21(31)23(19(29)25-15-9-7-13(3)11-17(15)35-23)27-28-24(22(32)34-6-2)20(30)26-16-10-8-14(4)12-18(16)36-24/h7-12H,5-6H2,1-4H3,(H,25,29)(H,26,30). The van der Waals surface area contributed by atoms with Crippen LogP contribution in [0.2, 0.25) is 0 Å². The van der Waals surface area contributed by atoms with Crippen LogP contribution in [0.3, 0.4) is 0 Å². The highest BCUT2D eigenvalue weighted by Crippen LogP contribution is 2.48. The van der Waals surface area contributed by atoms with E-state index in [4.69, 9.17) is 9.47 Å². The predicted octanol–water partition coefficient (Wildman–Crippen LogP) is 4.06. The number of fused-ring (bicyclic) bond motifs is 2. The van der Waals surface area contributed by atoms with Crippen LogP contribution in [0.15, 0.2) is 56.4 Å². The van der Waals surface area contributed by atoms with Crippen molar-refractivity contribution in [2.45, 2.75) is 47.2 Å². The number of carbonyl (C=O) groups excluding carboxylic acids is 4. The molecule has 2 heterocycles. The van der Waals surface area contributed by atoms with Gasteiger partial charge in [0, 0.05) is 9.79 Å². The molecule has 36 heavy (non-hydrogen) atoms. The summed E-state index contributed by atoms with van der Waals surface area (Å²) in [6.45, 7) is 6.88. The molecule has 0 radical (unpaired) electrons. The Morgan fingerprint density at radius 3 is 1.53 bits per heavy atom. The smallest absolute Gasteiger partial charge is 0.356 e. The Labute approximate surface area is 216 Å². The molecule has 2 aromatic rings. The number of aryl methyl sites for hydroxylation is 2. The van der Waals surface area contributed by atoms with Crippen molar-refractivity contribution in [1.29, 1.82) is 0 Å². The number of hydrogen-bond acceptors (Lipinski definition) is 10. The number of anilines is 2. The summed E-state index contributed by atoms with van der Waals surface area (Å²) in [5, 5.41) is 13.6. The molecule has 0 saturated heterocycles. The SMILES string of the molecule is CCOC(=O)C1(N=NC2(C(=O)OCC)Sc3cc(C)ccc3NC2=O)Sc2cc(C)ccc2NC1=O. The molecular formula is C24H24N4O6S2. The fourth-order valence-electron chi connectivity index (χ4n) is 3.54. The van der Waals surface area contributed by atoms with Gasteiger partial charge in [0.1, 0.15) is 0 Å². The molecule has 2 aromatic carbocycles. The monoisotopic (exact) mass is 528 g/mol. The molecule has 2 aliphatic rings. The lowest BCUT2D eigenvalue weighted by Crippen LogP contribution is -2.51. The maximum atomic E-state index is 13.3. The van der Waals surface area contributed by atoms with Crippen LogP contribution in [0.5, 0.6) is 0 Å². The van der Waals surface area contributed by atoms with Crippen LogP contribution >= 0.6 is 23.5 Å². The van der Waals surface area contributed by atoms with Crippen LogP contribution in [-0.4, -0.2) is 46.7 Å². The van der Waals surface area contributed by atoms with E-state index in [0.717, 1.165) is 34.7 Å². The number of ether oxygens (including phenoxy) is 2. The third kappa shape index (κ3) is 4.46. The Balaban J connectivity index is 1.84. The molecule has 4 rings (SSSR count). The summed E-state index contributed by atoms with van der Waals surface area (Å²) in [5.74, 6) is -3.55. The molecule has 0 spiro atoms. The van der Waals surface area contributed by atoms with Crippen molar-refractivity contribution in [2.75, 3.05) is 23.8 Å². The molecule has 2 atom stereocenters. The number of thioether (sulfide) groups is 2. The number of azo groups is 1. The first-order valence-corrected chi connectivity index (χ1v) is 12.8. The molecule has 0 aromatic heterocycles. The van der Waals surface area contributed by atoms with Gasteiger partial charge in [0.05, 0.1) is 24.6 Å². The maximum Gasteiger partial charge on any atom is 0.356 e. The van der Waals surface area contributed by atoms with Crippen molar-refractivity contribution in [1.82, 2.24) is 0 Å². The fourth-order valence-corrected chi connectivity index (χ4v) is 5.86. The molecule has 0 bridgehead atoms. The molecule has 0 fully saturated rings. The lowest BCUT2D eigenvalue weighted by molar-refractivity contribution is -0.151. The van der Waals surface area contributed by atoms with E-state index in [2.05, 4.69) is 20.9 Å². The van der Waals surface area contributed by atoms with Gasteiger partial charge in [-0.1, -0.05) is 35.7 Å². The zero-order valence-electron chi connectivity index (χ0n) is 20.0. The topological polar surface area (TPSA) is 136 Å². The summed E-state index contributed by atoms with van der Waals surface area (Å²) in [5.41, 5.74) is 2.79. The van der Waals surface area contributed by atoms with Crippen molar-refractivity contribution in [2.24, 2.45) is 10.2 Å². The van der Waals surface area contributed by atoms with Crippen LogP contribution in [-0.2, 0) is 28.7 Å². The molecule has 2 amide bonds. The largest absolute Gasteiger partial charge is 0.463 e. The molecule has 188 valence electrons. The second-order valence-corrected chi connectivity index (χ2v) is 10.5. The quantitative estimate of drug-likeness (QED) is 0.325. The summed E-state index contributed by atoms with van der Waals surface area (Å²) in [4.78, 5) is 49.5. The lowest BCUT2D eigenvalue weighted by Gasteiger charge is -2.33. The van der Waals surface area contributed by atoms with E-state index in [9.17, 15) is 19.2 Å². The highest BCUT2D eigenvalue weighted by molar-refractivity contribution is 8.03. The van der Waals surface area contributed by atoms with Crippen molar-refractivity contribution in [3.63, 3.8) is 0 Å². The highest BCUT2D eigenvalue weighted by Gasteiger charge is 2.57. The van der Waals surface area contributed by atoms with Gasteiger partial charge < -0.3 is 20.1 Å². The van der Waals surface area contributed by atoms with E-state index in [1.54, 1.807) is 38.1 Å². The summed E-state index contributed by atoms with van der Waals surface area (Å²) >= 11 is 1.67. The van der Waals surface area contributed by atoms with E-state index in [-0.39, 0.29) is 13.2 Å². The lowest BCUT2D eigenvalue weighted by atomic mass is 10.2. The van der Waals surface area contributed by atoms with Gasteiger partial charge in [-0.25, -0.2) is 9.59 Å². The van der Waals surface area contributed by atoms with E-state index in [1.165, 1.54) is 0 Å². The first kappa shape index (κ1) is 25.7. The number of benzene rings is 2. The minimum absolute atomic E-state index is 0.0183. The van der Waals surface area contributed by atoms with Crippen molar-refractivity contribution < 1.29 is 28.7 Å². The minimum atomic E-state index is -2.22. The van der Waals surface area contributed by atoms with Crippen molar-refractivity contribution in [3.05, 3.63) is 47.5 Å². The third-order valence-electron chi connectivity index (χ3n) is 5.34. The van der Waals surface area contributed by atoms with Gasteiger partial charge in [-0.2, -0.15) is 10.2 Å². The van der Waals surface area contributed by atoms with E-state index in [1.807, 2.05) is 26.0 Å². The van der Waals surface area contributed by atoms with Crippen molar-refractivity contribution >= 4 is 58.7 Å². The molecule has 10 nitrogen and oxygen atoms in total. The zero-order chi connectivity index (χ0) is 26.1. The van der Waals surface area contributed by atoms with E-state index in [0.29, 0.717) is 21.2 Å². The molecule has 12 heteroatoms. The Bertz CT molecular complexity index is 1200. The van der Waals surface area contributed by atoms with Gasteiger partial charge >= 0.3 is 21.7 Å². The van der Waals surface area contributed by atoms with Gasteiger partial charge in [0.25, 0.3) is 11.8 Å². The average Bonchev–Trinajstić information content (AvgIpc) is 2.83. The Kier molecular flexibility index (Phi) is 7.10. The number of carbonyl (C=O) groups is 4. The van der Waals surface area contributed by atoms with Crippen LogP contribution in [0.25, 0.3) is 0 Å². The normalized spacial score (nSPS) is 22.8. The first-order chi connectivity index (χ1) is 17.1.